The Bertz CT molecular complexity index is 325. The summed E-state index contributed by atoms with van der Waals surface area (Å²) in [5.41, 5.74) is -3.43. The summed E-state index contributed by atoms with van der Waals surface area (Å²) in [6.45, 7) is 6.32. The molecule has 0 rings (SSSR count). The summed E-state index contributed by atoms with van der Waals surface area (Å²) in [7, 11) is -4.44. The Morgan fingerprint density at radius 1 is 0.909 bits per heavy atom. The van der Waals surface area contributed by atoms with Crippen molar-refractivity contribution >= 4 is 23.5 Å². The zero-order valence-corrected chi connectivity index (χ0v) is 16.6. The number of unbranched alkanes of at least 4 members (excludes halogenated alkanes) is 5. The molecule has 0 bridgehead atoms. The summed E-state index contributed by atoms with van der Waals surface area (Å²) >= 11 is 3.36. The van der Waals surface area contributed by atoms with Crippen LogP contribution in [0.3, 0.4) is 0 Å². The first-order valence-electron chi connectivity index (χ1n) is 8.05. The largest absolute Gasteiger partial charge is 0.400 e. The molecule has 0 aromatic carbocycles. The number of hydrogen-bond donors (Lipinski definition) is 0. The van der Waals surface area contributed by atoms with Crippen LogP contribution in [0.2, 0.25) is 0 Å². The fraction of sp³-hybridized carbons (Fsp3) is 1.00. The van der Waals surface area contributed by atoms with Crippen LogP contribution in [0.4, 0.5) is 8.78 Å². The topological polar surface area (TPSA) is 35.5 Å². The second-order valence-electron chi connectivity index (χ2n) is 6.03. The summed E-state index contributed by atoms with van der Waals surface area (Å²) in [6, 6.07) is 0. The van der Waals surface area contributed by atoms with Gasteiger partial charge in [0, 0.05) is 11.8 Å². The minimum absolute atomic E-state index is 0.328. The first-order valence-corrected chi connectivity index (χ1v) is 10.7. The predicted octanol–water partition coefficient (Wildman–Crippen LogP) is 6.75. The Morgan fingerprint density at radius 3 is 1.73 bits per heavy atom. The Hall–Kier alpha value is 0.490. The fourth-order valence-corrected chi connectivity index (χ4v) is 4.31. The van der Waals surface area contributed by atoms with E-state index in [9.17, 15) is 13.3 Å². The van der Waals surface area contributed by atoms with Gasteiger partial charge in [-0.1, -0.05) is 41.6 Å². The average Bonchev–Trinajstić information content (AvgIpc) is 2.35. The molecule has 0 atom stereocenters. The van der Waals surface area contributed by atoms with Gasteiger partial charge in [0.15, 0.2) is 0 Å². The minimum Gasteiger partial charge on any atom is -0.302 e. The van der Waals surface area contributed by atoms with E-state index in [0.29, 0.717) is 12.8 Å². The highest BCUT2D eigenvalue weighted by atomic mass is 79.9. The maximum Gasteiger partial charge on any atom is 0.400 e. The van der Waals surface area contributed by atoms with Crippen LogP contribution in [0.1, 0.15) is 72.6 Å². The van der Waals surface area contributed by atoms with Gasteiger partial charge in [0.05, 0.1) is 12.2 Å². The second-order valence-corrected chi connectivity index (χ2v) is 8.90. The van der Waals surface area contributed by atoms with Crippen molar-refractivity contribution in [2.45, 2.75) is 90.5 Å². The lowest BCUT2D eigenvalue weighted by atomic mass is 10.1. The van der Waals surface area contributed by atoms with Crippen molar-refractivity contribution in [1.82, 2.24) is 0 Å². The molecule has 0 N–H and O–H groups in total. The number of halogens is 3. The molecule has 0 aromatic rings. The van der Waals surface area contributed by atoms with E-state index < -0.39 is 31.9 Å². The summed E-state index contributed by atoms with van der Waals surface area (Å²) in [4.78, 5) is 0. The van der Waals surface area contributed by atoms with Gasteiger partial charge in [-0.15, -0.1) is 0 Å². The van der Waals surface area contributed by atoms with Crippen molar-refractivity contribution < 1.29 is 22.4 Å². The van der Waals surface area contributed by atoms with E-state index in [1.165, 1.54) is 0 Å². The molecule has 134 valence electrons. The Balaban J connectivity index is 4.41. The van der Waals surface area contributed by atoms with Crippen LogP contribution in [0, 0.1) is 0 Å². The summed E-state index contributed by atoms with van der Waals surface area (Å²) in [5, 5.41) is 0.979. The van der Waals surface area contributed by atoms with Crippen LogP contribution in [0.25, 0.3) is 0 Å². The molecular weight excluding hydrogens is 377 g/mol. The van der Waals surface area contributed by atoms with E-state index in [1.807, 2.05) is 0 Å². The van der Waals surface area contributed by atoms with Gasteiger partial charge in [-0.2, -0.15) is 8.78 Å². The van der Waals surface area contributed by atoms with Gasteiger partial charge in [0.1, 0.15) is 0 Å². The Labute approximate surface area is 142 Å². The molecular formula is C15H30BrF2O3P. The quantitative estimate of drug-likeness (QED) is 0.193. The van der Waals surface area contributed by atoms with E-state index in [2.05, 4.69) is 15.9 Å². The highest BCUT2D eigenvalue weighted by molar-refractivity contribution is 9.09. The molecule has 0 aliphatic rings. The third-order valence-corrected chi connectivity index (χ3v) is 5.95. The van der Waals surface area contributed by atoms with Crippen molar-refractivity contribution in [2.75, 3.05) is 5.33 Å². The molecule has 0 aliphatic heterocycles. The van der Waals surface area contributed by atoms with Crippen molar-refractivity contribution in [3.8, 4) is 0 Å². The van der Waals surface area contributed by atoms with Crippen LogP contribution < -0.4 is 0 Å². The van der Waals surface area contributed by atoms with Crippen molar-refractivity contribution in [1.29, 1.82) is 0 Å². The zero-order valence-electron chi connectivity index (χ0n) is 14.1. The molecule has 0 unspecified atom stereocenters. The van der Waals surface area contributed by atoms with Crippen LogP contribution in [-0.4, -0.2) is 23.2 Å². The molecule has 3 nitrogen and oxygen atoms in total. The highest BCUT2D eigenvalue weighted by Gasteiger charge is 2.53. The predicted molar refractivity (Wildman–Crippen MR) is 91.1 cm³/mol. The molecule has 0 aromatic heterocycles. The maximum atomic E-state index is 14.3. The molecule has 0 fully saturated rings. The minimum atomic E-state index is -4.44. The summed E-state index contributed by atoms with van der Waals surface area (Å²) in [6.07, 6.45) is 3.61. The molecule has 22 heavy (non-hydrogen) atoms. The van der Waals surface area contributed by atoms with Gasteiger partial charge in [0.25, 0.3) is 0 Å². The first-order chi connectivity index (χ1) is 10.1. The van der Waals surface area contributed by atoms with Crippen molar-refractivity contribution in [3.05, 3.63) is 0 Å². The van der Waals surface area contributed by atoms with Crippen LogP contribution in [0.15, 0.2) is 0 Å². The van der Waals surface area contributed by atoms with Gasteiger partial charge in [-0.25, -0.2) is 0 Å². The van der Waals surface area contributed by atoms with Crippen molar-refractivity contribution in [2.24, 2.45) is 0 Å². The lowest BCUT2D eigenvalue weighted by molar-refractivity contribution is 0.0122. The normalized spacial score (nSPS) is 13.3. The van der Waals surface area contributed by atoms with Gasteiger partial charge < -0.3 is 9.05 Å². The fourth-order valence-electron chi connectivity index (χ4n) is 2.01. The molecule has 0 spiro atoms. The van der Waals surface area contributed by atoms with Gasteiger partial charge in [-0.3, -0.25) is 4.57 Å². The molecule has 0 amide bonds. The molecule has 0 heterocycles. The van der Waals surface area contributed by atoms with E-state index >= 15 is 0 Å². The van der Waals surface area contributed by atoms with Gasteiger partial charge in [0.2, 0.25) is 0 Å². The average molecular weight is 407 g/mol. The maximum absolute atomic E-state index is 14.3. The number of rotatable bonds is 13. The molecule has 0 radical (unpaired) electrons. The van der Waals surface area contributed by atoms with E-state index in [1.54, 1.807) is 27.7 Å². The molecule has 0 saturated heterocycles. The smallest absolute Gasteiger partial charge is 0.302 e. The van der Waals surface area contributed by atoms with E-state index in [4.69, 9.17) is 9.05 Å². The summed E-state index contributed by atoms with van der Waals surface area (Å²) in [5.74, 6) is 0. The lowest BCUT2D eigenvalue weighted by Crippen LogP contribution is -2.24. The first kappa shape index (κ1) is 22.5. The van der Waals surface area contributed by atoms with Gasteiger partial charge in [-0.05, 0) is 40.5 Å². The van der Waals surface area contributed by atoms with Crippen LogP contribution in [-0.2, 0) is 13.6 Å². The Morgan fingerprint density at radius 2 is 1.32 bits per heavy atom. The second kappa shape index (κ2) is 11.1. The van der Waals surface area contributed by atoms with Crippen LogP contribution in [0.5, 0.6) is 0 Å². The van der Waals surface area contributed by atoms with Crippen molar-refractivity contribution in [3.63, 3.8) is 0 Å². The number of alkyl halides is 3. The lowest BCUT2D eigenvalue weighted by Gasteiger charge is -2.29. The monoisotopic (exact) mass is 406 g/mol. The zero-order chi connectivity index (χ0) is 17.2. The third-order valence-electron chi connectivity index (χ3n) is 2.96. The SMILES string of the molecule is CC(C)OP(=O)(OC(C)C)C(F)(F)CCCCCCCCBr. The highest BCUT2D eigenvalue weighted by Crippen LogP contribution is 2.65. The third kappa shape index (κ3) is 8.95. The molecule has 0 saturated carbocycles. The van der Waals surface area contributed by atoms with Crippen LogP contribution >= 0.6 is 23.5 Å². The van der Waals surface area contributed by atoms with Gasteiger partial charge >= 0.3 is 13.3 Å². The molecule has 0 aliphatic carbocycles. The number of hydrogen-bond acceptors (Lipinski definition) is 3. The summed E-state index contributed by atoms with van der Waals surface area (Å²) < 4.78 is 51.1. The standard InChI is InChI=1S/C15H30BrF2O3P/c1-13(2)20-22(19,21-14(3)4)15(17,18)11-9-7-5-6-8-10-12-16/h13-14H,5-12H2,1-4H3. The van der Waals surface area contributed by atoms with E-state index in [0.717, 1.165) is 31.0 Å². The Kier molecular flexibility index (Phi) is 11.4. The molecule has 7 heteroatoms. The van der Waals surface area contributed by atoms with E-state index in [-0.39, 0.29) is 0 Å².